The number of nitrogens with one attached hydrogen (secondary N) is 1. The summed E-state index contributed by atoms with van der Waals surface area (Å²) in [5.74, 6) is 1.82. The molecule has 5 heteroatoms. The van der Waals surface area contributed by atoms with E-state index in [1.54, 1.807) is 0 Å². The van der Waals surface area contributed by atoms with Gasteiger partial charge in [0, 0.05) is 12.6 Å². The Morgan fingerprint density at radius 1 is 1.04 bits per heavy atom. The predicted octanol–water partition coefficient (Wildman–Crippen LogP) is 4.00. The standard InChI is InChI=1S/C23H28N2O3/c1-15-12-21(27-20-8-9-20)10-11-23(15)25-13-22(14-25)28-19-6-4-18(5-7-19)16(2)24-17(3)26/h4-7,10-12,16,20,22H,8-9,13-14H2,1-3H3,(H,24,26). The largest absolute Gasteiger partial charge is 0.490 e. The van der Waals surface area contributed by atoms with Gasteiger partial charge in [-0.25, -0.2) is 0 Å². The highest BCUT2D eigenvalue weighted by Crippen LogP contribution is 2.32. The Labute approximate surface area is 166 Å². The van der Waals surface area contributed by atoms with Crippen LogP contribution in [0.15, 0.2) is 42.5 Å². The number of rotatable bonds is 7. The van der Waals surface area contributed by atoms with Crippen LogP contribution in [0.4, 0.5) is 5.69 Å². The van der Waals surface area contributed by atoms with Crippen LogP contribution in [0.1, 0.15) is 43.9 Å². The molecule has 2 aromatic rings. The molecule has 1 aliphatic heterocycles. The van der Waals surface area contributed by atoms with E-state index in [1.807, 2.05) is 31.2 Å². The van der Waals surface area contributed by atoms with E-state index < -0.39 is 0 Å². The van der Waals surface area contributed by atoms with E-state index in [2.05, 4.69) is 35.3 Å². The molecule has 5 nitrogen and oxygen atoms in total. The van der Waals surface area contributed by atoms with E-state index in [9.17, 15) is 4.79 Å². The van der Waals surface area contributed by atoms with E-state index in [0.717, 1.165) is 30.2 Å². The zero-order valence-corrected chi connectivity index (χ0v) is 16.8. The van der Waals surface area contributed by atoms with Crippen molar-refractivity contribution >= 4 is 11.6 Å². The summed E-state index contributed by atoms with van der Waals surface area (Å²) in [4.78, 5) is 13.5. The van der Waals surface area contributed by atoms with Crippen LogP contribution in [0.25, 0.3) is 0 Å². The lowest BCUT2D eigenvalue weighted by molar-refractivity contribution is -0.119. The molecule has 0 bridgehead atoms. The molecular weight excluding hydrogens is 352 g/mol. The van der Waals surface area contributed by atoms with Crippen molar-refractivity contribution in [1.82, 2.24) is 5.32 Å². The summed E-state index contributed by atoms with van der Waals surface area (Å²) in [6, 6.07) is 14.3. The Balaban J connectivity index is 1.29. The lowest BCUT2D eigenvalue weighted by Gasteiger charge is -2.41. The van der Waals surface area contributed by atoms with Gasteiger partial charge in [0.1, 0.15) is 17.6 Å². The number of hydrogen-bond acceptors (Lipinski definition) is 4. The second-order valence-corrected chi connectivity index (χ2v) is 7.90. The van der Waals surface area contributed by atoms with Crippen molar-refractivity contribution in [2.45, 2.75) is 51.9 Å². The first-order valence-corrected chi connectivity index (χ1v) is 10.0. The molecule has 2 aromatic carbocycles. The van der Waals surface area contributed by atoms with Gasteiger partial charge in [-0.1, -0.05) is 12.1 Å². The smallest absolute Gasteiger partial charge is 0.217 e. The molecule has 1 heterocycles. The van der Waals surface area contributed by atoms with Crippen LogP contribution in [0, 0.1) is 6.92 Å². The van der Waals surface area contributed by atoms with E-state index in [1.165, 1.54) is 31.0 Å². The van der Waals surface area contributed by atoms with Crippen LogP contribution in [-0.2, 0) is 4.79 Å². The van der Waals surface area contributed by atoms with Gasteiger partial charge in [-0.3, -0.25) is 4.79 Å². The maximum Gasteiger partial charge on any atom is 0.217 e. The maximum atomic E-state index is 11.2. The summed E-state index contributed by atoms with van der Waals surface area (Å²) in [6.07, 6.45) is 2.98. The number of benzene rings is 2. The van der Waals surface area contributed by atoms with Crippen LogP contribution in [-0.4, -0.2) is 31.2 Å². The van der Waals surface area contributed by atoms with Gasteiger partial charge < -0.3 is 19.7 Å². The van der Waals surface area contributed by atoms with Crippen molar-refractivity contribution in [3.05, 3.63) is 53.6 Å². The molecule has 0 spiro atoms. The third kappa shape index (κ3) is 4.41. The van der Waals surface area contributed by atoms with E-state index >= 15 is 0 Å². The minimum Gasteiger partial charge on any atom is -0.490 e. The number of anilines is 1. The monoisotopic (exact) mass is 380 g/mol. The van der Waals surface area contributed by atoms with Crippen LogP contribution in [0.3, 0.4) is 0 Å². The number of aryl methyl sites for hydroxylation is 1. The molecule has 148 valence electrons. The fourth-order valence-electron chi connectivity index (χ4n) is 3.56. The zero-order chi connectivity index (χ0) is 19.7. The highest BCUT2D eigenvalue weighted by Gasteiger charge is 2.30. The van der Waals surface area contributed by atoms with Crippen molar-refractivity contribution in [3.8, 4) is 11.5 Å². The van der Waals surface area contributed by atoms with Gasteiger partial charge >= 0.3 is 0 Å². The lowest BCUT2D eigenvalue weighted by atomic mass is 10.1. The van der Waals surface area contributed by atoms with Crippen molar-refractivity contribution < 1.29 is 14.3 Å². The highest BCUT2D eigenvalue weighted by molar-refractivity contribution is 5.73. The minimum atomic E-state index is -0.0233. The highest BCUT2D eigenvalue weighted by atomic mass is 16.5. The molecular formula is C23H28N2O3. The summed E-state index contributed by atoms with van der Waals surface area (Å²) >= 11 is 0. The van der Waals surface area contributed by atoms with E-state index in [4.69, 9.17) is 9.47 Å². The lowest BCUT2D eigenvalue weighted by Crippen LogP contribution is -2.54. The second kappa shape index (κ2) is 7.74. The van der Waals surface area contributed by atoms with Gasteiger partial charge in [-0.05, 0) is 68.1 Å². The van der Waals surface area contributed by atoms with Crippen molar-refractivity contribution in [1.29, 1.82) is 0 Å². The Bertz CT molecular complexity index is 839. The fraction of sp³-hybridized carbons (Fsp3) is 0.435. The first-order chi connectivity index (χ1) is 13.5. The SMILES string of the molecule is CC(=O)NC(C)c1ccc(OC2CN(c3ccc(OC4CC4)cc3C)C2)cc1. The van der Waals surface area contributed by atoms with Gasteiger partial charge in [0.15, 0.2) is 0 Å². The van der Waals surface area contributed by atoms with E-state index in [0.29, 0.717) is 6.10 Å². The quantitative estimate of drug-likeness (QED) is 0.789. The summed E-state index contributed by atoms with van der Waals surface area (Å²) in [5.41, 5.74) is 3.57. The van der Waals surface area contributed by atoms with Gasteiger partial charge in [-0.2, -0.15) is 0 Å². The molecule has 0 radical (unpaired) electrons. The van der Waals surface area contributed by atoms with Crippen molar-refractivity contribution in [3.63, 3.8) is 0 Å². The van der Waals surface area contributed by atoms with Crippen molar-refractivity contribution in [2.75, 3.05) is 18.0 Å². The maximum absolute atomic E-state index is 11.2. The molecule has 1 atom stereocenters. The Hall–Kier alpha value is -2.69. The summed E-state index contributed by atoms with van der Waals surface area (Å²) in [6.45, 7) is 7.41. The Morgan fingerprint density at radius 2 is 1.68 bits per heavy atom. The van der Waals surface area contributed by atoms with Gasteiger partial charge in [0.05, 0.1) is 25.2 Å². The summed E-state index contributed by atoms with van der Waals surface area (Å²) in [5, 5.41) is 2.89. The van der Waals surface area contributed by atoms with Gasteiger partial charge in [0.25, 0.3) is 0 Å². The normalized spacial score (nSPS) is 17.6. The molecule has 1 aliphatic carbocycles. The number of carbonyl (C=O) groups excluding carboxylic acids is 1. The van der Waals surface area contributed by atoms with E-state index in [-0.39, 0.29) is 18.1 Å². The van der Waals surface area contributed by atoms with Crippen LogP contribution < -0.4 is 19.7 Å². The van der Waals surface area contributed by atoms with Crippen molar-refractivity contribution in [2.24, 2.45) is 0 Å². The Kier molecular flexibility index (Phi) is 5.16. The fourth-order valence-corrected chi connectivity index (χ4v) is 3.56. The number of ether oxygens (including phenoxy) is 2. The second-order valence-electron chi connectivity index (χ2n) is 7.90. The molecule has 1 amide bonds. The average molecular weight is 380 g/mol. The van der Waals surface area contributed by atoms with Gasteiger partial charge in [-0.15, -0.1) is 0 Å². The number of hydrogen-bond donors (Lipinski definition) is 1. The van der Waals surface area contributed by atoms with Gasteiger partial charge in [0.2, 0.25) is 5.91 Å². The number of carbonyl (C=O) groups is 1. The van der Waals surface area contributed by atoms with Crippen LogP contribution in [0.5, 0.6) is 11.5 Å². The minimum absolute atomic E-state index is 0.000542. The molecule has 28 heavy (non-hydrogen) atoms. The number of nitrogens with zero attached hydrogens (tertiary/aromatic N) is 1. The molecule has 1 N–H and O–H groups in total. The molecule has 1 saturated heterocycles. The Morgan fingerprint density at radius 3 is 2.29 bits per heavy atom. The van der Waals surface area contributed by atoms with Crippen LogP contribution >= 0.6 is 0 Å². The molecule has 0 aromatic heterocycles. The molecule has 2 aliphatic rings. The topological polar surface area (TPSA) is 50.8 Å². The molecule has 1 unspecified atom stereocenters. The molecule has 1 saturated carbocycles. The third-order valence-electron chi connectivity index (χ3n) is 5.29. The molecule has 4 rings (SSSR count). The summed E-state index contributed by atoms with van der Waals surface area (Å²) in [7, 11) is 0. The average Bonchev–Trinajstić information content (AvgIpc) is 3.42. The first-order valence-electron chi connectivity index (χ1n) is 10.0. The first kappa shape index (κ1) is 18.7. The van der Waals surface area contributed by atoms with Crippen LogP contribution in [0.2, 0.25) is 0 Å². The number of amides is 1. The predicted molar refractivity (Wildman–Crippen MR) is 110 cm³/mol. The molecule has 2 fully saturated rings. The summed E-state index contributed by atoms with van der Waals surface area (Å²) < 4.78 is 12.0. The zero-order valence-electron chi connectivity index (χ0n) is 16.8. The third-order valence-corrected chi connectivity index (χ3v) is 5.29.